The molecule has 1 aliphatic rings. The largest absolute Gasteiger partial charge is 0.449 e. The van der Waals surface area contributed by atoms with Crippen LogP contribution in [0.5, 0.6) is 0 Å². The number of aromatic nitrogens is 4. The third kappa shape index (κ3) is 2.93. The third-order valence-corrected chi connectivity index (χ3v) is 6.61. The Morgan fingerprint density at radius 3 is 2.59 bits per heavy atom. The summed E-state index contributed by atoms with van der Waals surface area (Å²) in [7, 11) is 0. The van der Waals surface area contributed by atoms with Gasteiger partial charge in [0.2, 0.25) is 0 Å². The second kappa shape index (κ2) is 6.77. The summed E-state index contributed by atoms with van der Waals surface area (Å²) in [6.45, 7) is 8.41. The van der Waals surface area contributed by atoms with Gasteiger partial charge in [-0.15, -0.1) is 21.5 Å². The number of aryl methyl sites for hydroxylation is 3. The quantitative estimate of drug-likeness (QED) is 0.498. The molecule has 3 aromatic heterocycles. The summed E-state index contributed by atoms with van der Waals surface area (Å²) >= 11 is 1.77. The minimum absolute atomic E-state index is 0.231. The van der Waals surface area contributed by atoms with E-state index in [9.17, 15) is 0 Å². The minimum atomic E-state index is -0.231. The van der Waals surface area contributed by atoms with Crippen LogP contribution in [0.1, 0.15) is 50.7 Å². The summed E-state index contributed by atoms with van der Waals surface area (Å²) < 4.78 is 7.67. The van der Waals surface area contributed by atoms with Crippen molar-refractivity contribution in [3.8, 4) is 5.00 Å². The summed E-state index contributed by atoms with van der Waals surface area (Å²) in [4.78, 5) is 10.8. The Labute approximate surface area is 173 Å². The Kier molecular flexibility index (Phi) is 4.20. The van der Waals surface area contributed by atoms with Gasteiger partial charge in [-0.25, -0.2) is 4.98 Å². The lowest BCUT2D eigenvalue weighted by Crippen LogP contribution is -2.09. The number of nitrogens with zero attached hydrogens (tertiary/aromatic N) is 5. The monoisotopic (exact) mass is 403 g/mol. The Morgan fingerprint density at radius 1 is 1.07 bits per heavy atom. The zero-order valence-corrected chi connectivity index (χ0v) is 17.6. The molecule has 0 radical (unpaired) electrons. The fourth-order valence-corrected chi connectivity index (χ4v) is 4.97. The zero-order valence-electron chi connectivity index (χ0n) is 16.8. The molecular formula is C22H21N5OS. The molecular weight excluding hydrogens is 382 g/mol. The van der Waals surface area contributed by atoms with E-state index in [2.05, 4.69) is 64.8 Å². The first-order valence-corrected chi connectivity index (χ1v) is 10.4. The summed E-state index contributed by atoms with van der Waals surface area (Å²) in [6, 6.07) is 8.32. The molecule has 7 heteroatoms. The van der Waals surface area contributed by atoms with Gasteiger partial charge in [-0.3, -0.25) is 9.56 Å². The van der Waals surface area contributed by atoms with Crippen molar-refractivity contribution < 1.29 is 4.42 Å². The van der Waals surface area contributed by atoms with Crippen LogP contribution in [-0.2, 0) is 6.42 Å². The topological polar surface area (TPSA) is 69.1 Å². The van der Waals surface area contributed by atoms with Gasteiger partial charge in [0, 0.05) is 16.0 Å². The molecule has 0 aliphatic carbocycles. The molecule has 0 saturated heterocycles. The molecule has 1 aromatic carbocycles. The van der Waals surface area contributed by atoms with Gasteiger partial charge in [-0.05, 0) is 33.3 Å². The van der Waals surface area contributed by atoms with Crippen molar-refractivity contribution in [2.75, 3.05) is 0 Å². The number of fused-ring (bicyclic) bond motifs is 3. The first-order valence-electron chi connectivity index (χ1n) is 9.58. The summed E-state index contributed by atoms with van der Waals surface area (Å²) in [5.74, 6) is 2.33. The van der Waals surface area contributed by atoms with Crippen molar-refractivity contribution in [1.29, 1.82) is 0 Å². The predicted octanol–water partition coefficient (Wildman–Crippen LogP) is 4.69. The van der Waals surface area contributed by atoms with Crippen LogP contribution < -0.4 is 0 Å². The van der Waals surface area contributed by atoms with Crippen molar-refractivity contribution in [3.63, 3.8) is 0 Å². The Bertz CT molecular complexity index is 1220. The third-order valence-electron chi connectivity index (χ3n) is 5.42. The van der Waals surface area contributed by atoms with E-state index in [0.717, 1.165) is 33.5 Å². The highest BCUT2D eigenvalue weighted by Gasteiger charge is 2.32. The van der Waals surface area contributed by atoms with Crippen LogP contribution in [0.15, 0.2) is 46.1 Å². The molecule has 0 saturated carbocycles. The number of rotatable bonds is 3. The van der Waals surface area contributed by atoms with Crippen molar-refractivity contribution >= 4 is 17.0 Å². The second-order valence-electron chi connectivity index (χ2n) is 7.39. The van der Waals surface area contributed by atoms with Gasteiger partial charge >= 0.3 is 0 Å². The first kappa shape index (κ1) is 18.0. The summed E-state index contributed by atoms with van der Waals surface area (Å²) in [5.41, 5.74) is 5.73. The molecule has 0 fully saturated rings. The van der Waals surface area contributed by atoms with Gasteiger partial charge < -0.3 is 4.42 Å². The van der Waals surface area contributed by atoms with Gasteiger partial charge in [0.25, 0.3) is 0 Å². The minimum Gasteiger partial charge on any atom is -0.449 e. The maximum Gasteiger partial charge on any atom is 0.196 e. The van der Waals surface area contributed by atoms with E-state index in [4.69, 9.17) is 9.41 Å². The SMILES string of the molecule is Cc1ccc(C2=N[C@@H](Cc3ncco3)c3nnc(C)n3-c3sc(C)c(C)c32)cc1. The number of oxazole rings is 1. The van der Waals surface area contributed by atoms with Crippen LogP contribution in [0.2, 0.25) is 0 Å². The van der Waals surface area contributed by atoms with Gasteiger partial charge in [-0.2, -0.15) is 0 Å². The van der Waals surface area contributed by atoms with Crippen LogP contribution in [0, 0.1) is 27.7 Å². The van der Waals surface area contributed by atoms with Gasteiger partial charge in [0.05, 0.1) is 18.3 Å². The molecule has 5 rings (SSSR count). The molecule has 0 bridgehead atoms. The van der Waals surface area contributed by atoms with Crippen molar-refractivity contribution in [1.82, 2.24) is 19.7 Å². The zero-order chi connectivity index (χ0) is 20.1. The smallest absolute Gasteiger partial charge is 0.196 e. The molecule has 0 spiro atoms. The molecule has 4 aromatic rings. The van der Waals surface area contributed by atoms with Crippen LogP contribution in [0.3, 0.4) is 0 Å². The maximum atomic E-state index is 5.52. The van der Waals surface area contributed by atoms with Crippen LogP contribution >= 0.6 is 11.3 Å². The number of aliphatic imine (C=N–C) groups is 1. The van der Waals surface area contributed by atoms with Crippen LogP contribution in [0.4, 0.5) is 0 Å². The summed E-state index contributed by atoms with van der Waals surface area (Å²) in [6.07, 6.45) is 3.79. The lowest BCUT2D eigenvalue weighted by molar-refractivity contribution is 0.467. The molecule has 29 heavy (non-hydrogen) atoms. The molecule has 0 unspecified atom stereocenters. The molecule has 1 atom stereocenters. The van der Waals surface area contributed by atoms with E-state index in [1.807, 2.05) is 6.92 Å². The average molecular weight is 404 g/mol. The van der Waals surface area contributed by atoms with Gasteiger partial charge in [-0.1, -0.05) is 29.8 Å². The van der Waals surface area contributed by atoms with Gasteiger partial charge in [0.1, 0.15) is 23.1 Å². The summed E-state index contributed by atoms with van der Waals surface area (Å²) in [5, 5.41) is 10.00. The van der Waals surface area contributed by atoms with Crippen molar-refractivity contribution in [3.05, 3.63) is 81.4 Å². The number of hydrogen-bond donors (Lipinski definition) is 0. The van der Waals surface area contributed by atoms with E-state index in [1.54, 1.807) is 23.8 Å². The predicted molar refractivity (Wildman–Crippen MR) is 113 cm³/mol. The van der Waals surface area contributed by atoms with E-state index < -0.39 is 0 Å². The fourth-order valence-electron chi connectivity index (χ4n) is 3.76. The Balaban J connectivity index is 1.78. The lowest BCUT2D eigenvalue weighted by atomic mass is 9.99. The standard InChI is InChI=1S/C22H21N5OS/c1-12-5-7-16(8-6-12)20-19-13(2)14(3)29-22(19)27-15(4)25-26-21(27)17(24-20)11-18-23-9-10-28-18/h5-10,17H,11H2,1-4H3/t17-/m0/s1. The van der Waals surface area contributed by atoms with Crippen LogP contribution in [-0.4, -0.2) is 25.5 Å². The molecule has 0 N–H and O–H groups in total. The lowest BCUT2D eigenvalue weighted by Gasteiger charge is -2.11. The first-order chi connectivity index (χ1) is 14.0. The highest BCUT2D eigenvalue weighted by molar-refractivity contribution is 7.15. The highest BCUT2D eigenvalue weighted by Crippen LogP contribution is 2.39. The maximum absolute atomic E-state index is 5.52. The van der Waals surface area contributed by atoms with Crippen LogP contribution in [0.25, 0.3) is 5.00 Å². The molecule has 4 heterocycles. The highest BCUT2D eigenvalue weighted by atomic mass is 32.1. The number of thiophene rings is 1. The Morgan fingerprint density at radius 2 is 1.86 bits per heavy atom. The second-order valence-corrected chi connectivity index (χ2v) is 8.60. The van der Waals surface area contributed by atoms with Crippen molar-refractivity contribution in [2.24, 2.45) is 4.99 Å². The molecule has 6 nitrogen and oxygen atoms in total. The Hall–Kier alpha value is -3.06. The normalized spacial score (nSPS) is 15.6. The number of benzene rings is 1. The number of hydrogen-bond acceptors (Lipinski definition) is 6. The molecule has 1 aliphatic heterocycles. The van der Waals surface area contributed by atoms with E-state index in [-0.39, 0.29) is 6.04 Å². The van der Waals surface area contributed by atoms with Gasteiger partial charge in [0.15, 0.2) is 11.7 Å². The van der Waals surface area contributed by atoms with Crippen molar-refractivity contribution in [2.45, 2.75) is 40.2 Å². The van der Waals surface area contributed by atoms with E-state index in [1.165, 1.54) is 16.0 Å². The van der Waals surface area contributed by atoms with E-state index >= 15 is 0 Å². The average Bonchev–Trinajstić information content (AvgIpc) is 3.39. The molecule has 146 valence electrons. The molecule has 0 amide bonds. The fraction of sp³-hybridized carbons (Fsp3) is 0.273. The van der Waals surface area contributed by atoms with E-state index in [0.29, 0.717) is 12.3 Å².